The Morgan fingerprint density at radius 1 is 1.50 bits per heavy atom. The van der Waals surface area contributed by atoms with Crippen LogP contribution in [-0.4, -0.2) is 26.7 Å². The summed E-state index contributed by atoms with van der Waals surface area (Å²) in [7, 11) is 0. The number of hydrogen-bond acceptors (Lipinski definition) is 6. The third-order valence-electron chi connectivity index (χ3n) is 2.20. The normalized spacial score (nSPS) is 12.6. The van der Waals surface area contributed by atoms with Gasteiger partial charge in [-0.3, -0.25) is 0 Å². The lowest BCUT2D eigenvalue weighted by Crippen LogP contribution is -2.13. The fourth-order valence-corrected chi connectivity index (χ4v) is 1.25. The minimum absolute atomic E-state index is 0.332. The van der Waals surface area contributed by atoms with E-state index in [9.17, 15) is 0 Å². The lowest BCUT2D eigenvalue weighted by atomic mass is 10.1. The van der Waals surface area contributed by atoms with Gasteiger partial charge in [0.15, 0.2) is 0 Å². The summed E-state index contributed by atoms with van der Waals surface area (Å²) in [5, 5.41) is 3.86. The Morgan fingerprint density at radius 2 is 2.38 bits per heavy atom. The predicted octanol–water partition coefficient (Wildman–Crippen LogP) is 0.664. The first-order chi connectivity index (χ1) is 7.79. The summed E-state index contributed by atoms with van der Waals surface area (Å²) in [6.45, 7) is 2.64. The minimum Gasteiger partial charge on any atom is -0.339 e. The molecule has 1 atom stereocenters. The molecule has 0 saturated carbocycles. The number of nitrogens with zero attached hydrogens (tertiary/aromatic N) is 4. The molecule has 2 heterocycles. The van der Waals surface area contributed by atoms with Crippen LogP contribution in [0.3, 0.4) is 0 Å². The quantitative estimate of drug-likeness (QED) is 0.812. The van der Waals surface area contributed by atoms with E-state index < -0.39 is 0 Å². The zero-order valence-electron chi connectivity index (χ0n) is 9.00. The Balaban J connectivity index is 2.14. The van der Waals surface area contributed by atoms with E-state index in [1.807, 2.05) is 6.92 Å². The summed E-state index contributed by atoms with van der Waals surface area (Å²) >= 11 is 0. The molecule has 2 aromatic heterocycles. The Bertz CT molecular complexity index is 441. The van der Waals surface area contributed by atoms with E-state index in [0.717, 1.165) is 0 Å². The van der Waals surface area contributed by atoms with Crippen LogP contribution in [0, 0.1) is 5.92 Å². The molecule has 6 nitrogen and oxygen atoms in total. The molecule has 2 rings (SSSR count). The molecular formula is C10H13N5O. The van der Waals surface area contributed by atoms with Gasteiger partial charge in [-0.05, 0) is 18.5 Å². The first kappa shape index (κ1) is 10.7. The van der Waals surface area contributed by atoms with Gasteiger partial charge >= 0.3 is 0 Å². The Morgan fingerprint density at radius 3 is 3.06 bits per heavy atom. The van der Waals surface area contributed by atoms with Gasteiger partial charge in [0.2, 0.25) is 11.7 Å². The highest BCUT2D eigenvalue weighted by molar-refractivity contribution is 5.46. The van der Waals surface area contributed by atoms with Crippen LogP contribution in [0.2, 0.25) is 0 Å². The van der Waals surface area contributed by atoms with E-state index >= 15 is 0 Å². The van der Waals surface area contributed by atoms with Crippen molar-refractivity contribution in [3.8, 4) is 11.5 Å². The van der Waals surface area contributed by atoms with Crippen molar-refractivity contribution in [1.29, 1.82) is 0 Å². The molecule has 0 spiro atoms. The molecule has 0 aliphatic carbocycles. The predicted molar refractivity (Wildman–Crippen MR) is 57.2 cm³/mol. The molecule has 2 aromatic rings. The molecule has 0 aliphatic rings. The van der Waals surface area contributed by atoms with Crippen LogP contribution in [0.25, 0.3) is 11.5 Å². The van der Waals surface area contributed by atoms with E-state index in [-0.39, 0.29) is 0 Å². The van der Waals surface area contributed by atoms with Crippen LogP contribution in [0.5, 0.6) is 0 Å². The number of nitrogens with two attached hydrogens (primary N) is 1. The molecule has 84 valence electrons. The number of hydrogen-bond donors (Lipinski definition) is 1. The minimum atomic E-state index is 0.332. The average molecular weight is 219 g/mol. The molecule has 0 aliphatic heterocycles. The van der Waals surface area contributed by atoms with Gasteiger partial charge in [-0.1, -0.05) is 12.1 Å². The molecule has 0 amide bonds. The molecule has 16 heavy (non-hydrogen) atoms. The molecule has 0 aromatic carbocycles. The third kappa shape index (κ3) is 2.40. The number of rotatable bonds is 4. The highest BCUT2D eigenvalue weighted by atomic mass is 16.5. The summed E-state index contributed by atoms with van der Waals surface area (Å²) in [6, 6.07) is 1.74. The number of aromatic nitrogens is 4. The van der Waals surface area contributed by atoms with Crippen LogP contribution in [-0.2, 0) is 6.42 Å². The lowest BCUT2D eigenvalue weighted by molar-refractivity contribution is 0.359. The molecule has 0 radical (unpaired) electrons. The maximum Gasteiger partial charge on any atom is 0.227 e. The van der Waals surface area contributed by atoms with Gasteiger partial charge in [-0.25, -0.2) is 9.97 Å². The molecule has 0 saturated heterocycles. The van der Waals surface area contributed by atoms with Crippen molar-refractivity contribution in [2.75, 3.05) is 6.54 Å². The largest absolute Gasteiger partial charge is 0.339 e. The fraction of sp³-hybridized carbons (Fsp3) is 0.400. The van der Waals surface area contributed by atoms with Crippen molar-refractivity contribution in [2.24, 2.45) is 11.7 Å². The highest BCUT2D eigenvalue weighted by Gasteiger charge is 2.11. The van der Waals surface area contributed by atoms with Gasteiger partial charge < -0.3 is 10.3 Å². The smallest absolute Gasteiger partial charge is 0.227 e. The highest BCUT2D eigenvalue weighted by Crippen LogP contribution is 2.13. The molecule has 2 N–H and O–H groups in total. The zero-order chi connectivity index (χ0) is 11.4. The second kappa shape index (κ2) is 4.80. The van der Waals surface area contributed by atoms with E-state index in [1.54, 1.807) is 12.3 Å². The van der Waals surface area contributed by atoms with E-state index in [0.29, 0.717) is 36.3 Å². The van der Waals surface area contributed by atoms with Crippen LogP contribution in [0.15, 0.2) is 23.1 Å². The second-order valence-corrected chi connectivity index (χ2v) is 3.65. The molecule has 1 unspecified atom stereocenters. The van der Waals surface area contributed by atoms with Crippen molar-refractivity contribution in [1.82, 2.24) is 20.1 Å². The summed E-state index contributed by atoms with van der Waals surface area (Å²) < 4.78 is 5.11. The maximum absolute atomic E-state index is 5.53. The first-order valence-electron chi connectivity index (χ1n) is 5.08. The van der Waals surface area contributed by atoms with Gasteiger partial charge in [0.25, 0.3) is 0 Å². The van der Waals surface area contributed by atoms with Gasteiger partial charge in [-0.15, -0.1) is 0 Å². The van der Waals surface area contributed by atoms with Gasteiger partial charge in [0.1, 0.15) is 12.0 Å². The van der Waals surface area contributed by atoms with E-state index in [1.165, 1.54) is 6.33 Å². The lowest BCUT2D eigenvalue weighted by Gasteiger charge is -2.01. The van der Waals surface area contributed by atoms with Crippen molar-refractivity contribution >= 4 is 0 Å². The van der Waals surface area contributed by atoms with E-state index in [2.05, 4.69) is 20.1 Å². The fourth-order valence-electron chi connectivity index (χ4n) is 1.25. The van der Waals surface area contributed by atoms with Crippen LogP contribution in [0.4, 0.5) is 0 Å². The monoisotopic (exact) mass is 219 g/mol. The van der Waals surface area contributed by atoms with E-state index in [4.69, 9.17) is 10.3 Å². The summed E-state index contributed by atoms with van der Waals surface area (Å²) in [5.41, 5.74) is 6.19. The molecular weight excluding hydrogens is 206 g/mol. The Labute approximate surface area is 92.9 Å². The topological polar surface area (TPSA) is 90.7 Å². The average Bonchev–Trinajstić information content (AvgIpc) is 2.78. The van der Waals surface area contributed by atoms with Crippen LogP contribution < -0.4 is 5.73 Å². The Kier molecular flexibility index (Phi) is 3.21. The van der Waals surface area contributed by atoms with Gasteiger partial charge in [-0.2, -0.15) is 4.98 Å². The molecule has 0 bridgehead atoms. The zero-order valence-corrected chi connectivity index (χ0v) is 9.00. The Hall–Kier alpha value is -1.82. The standard InChI is InChI=1S/C10H13N5O/c1-7(5-11)4-9-14-10(15-16-9)8-2-3-12-6-13-8/h2-3,6-7H,4-5,11H2,1H3. The summed E-state index contributed by atoms with van der Waals surface area (Å²) in [4.78, 5) is 12.1. The SMILES string of the molecule is CC(CN)Cc1nc(-c2ccncn2)no1. The third-order valence-corrected chi connectivity index (χ3v) is 2.20. The summed E-state index contributed by atoms with van der Waals surface area (Å²) in [6.07, 6.45) is 3.78. The van der Waals surface area contributed by atoms with Crippen molar-refractivity contribution < 1.29 is 4.52 Å². The molecule has 6 heteroatoms. The second-order valence-electron chi connectivity index (χ2n) is 3.65. The summed E-state index contributed by atoms with van der Waals surface area (Å²) in [5.74, 6) is 1.41. The van der Waals surface area contributed by atoms with Crippen molar-refractivity contribution in [3.63, 3.8) is 0 Å². The molecule has 0 fully saturated rings. The van der Waals surface area contributed by atoms with Crippen LogP contribution >= 0.6 is 0 Å². The van der Waals surface area contributed by atoms with Crippen molar-refractivity contribution in [3.05, 3.63) is 24.5 Å². The van der Waals surface area contributed by atoms with Crippen molar-refractivity contribution in [2.45, 2.75) is 13.3 Å². The van der Waals surface area contributed by atoms with Gasteiger partial charge in [0, 0.05) is 12.6 Å². The van der Waals surface area contributed by atoms with Crippen LogP contribution in [0.1, 0.15) is 12.8 Å². The first-order valence-corrected chi connectivity index (χ1v) is 5.08. The maximum atomic E-state index is 5.53. The van der Waals surface area contributed by atoms with Gasteiger partial charge in [0.05, 0.1) is 0 Å².